The molecule has 0 aliphatic rings. The lowest BCUT2D eigenvalue weighted by atomic mass is 10.0. The predicted octanol–water partition coefficient (Wildman–Crippen LogP) is 4.10. The van der Waals surface area contributed by atoms with E-state index in [1.807, 2.05) is 0 Å². The van der Waals surface area contributed by atoms with E-state index in [9.17, 15) is 0 Å². The molecule has 1 heterocycles. The van der Waals surface area contributed by atoms with Crippen molar-refractivity contribution in [2.24, 2.45) is 0 Å². The minimum absolute atomic E-state index is 0.196. The summed E-state index contributed by atoms with van der Waals surface area (Å²) in [5.41, 5.74) is 1.48. The van der Waals surface area contributed by atoms with Crippen LogP contribution in [0.4, 0.5) is 0 Å². The Balaban J connectivity index is 2.33. The van der Waals surface area contributed by atoms with E-state index in [0.717, 1.165) is 5.39 Å². The first-order valence-corrected chi connectivity index (χ1v) is 4.55. The highest BCUT2D eigenvalue weighted by Crippen LogP contribution is 2.24. The molecule has 0 unspecified atom stereocenters. The average molecular weight is 199 g/mol. The van der Waals surface area contributed by atoms with Gasteiger partial charge in [0.25, 0.3) is 0 Å². The van der Waals surface area contributed by atoms with Crippen LogP contribution in [-0.4, -0.2) is 0 Å². The van der Waals surface area contributed by atoms with Gasteiger partial charge in [-0.1, -0.05) is 36.3 Å². The summed E-state index contributed by atoms with van der Waals surface area (Å²) in [5, 5.41) is 0.828. The van der Waals surface area contributed by atoms with Crippen molar-refractivity contribution < 1.29 is 11.3 Å². The summed E-state index contributed by atoms with van der Waals surface area (Å²) < 4.78 is 44.1. The Hall–Kier alpha value is -2.02. The zero-order chi connectivity index (χ0) is 14.4. The molecular formula is C14H10O. The summed E-state index contributed by atoms with van der Waals surface area (Å²) in [6.07, 6.45) is 1.55. The van der Waals surface area contributed by atoms with Crippen LogP contribution in [0.25, 0.3) is 22.1 Å². The Labute approximate surface area is 95.0 Å². The first-order chi connectivity index (χ1) is 9.50. The van der Waals surface area contributed by atoms with E-state index < -0.39 is 0 Å². The number of benzene rings is 2. The van der Waals surface area contributed by atoms with Crippen molar-refractivity contribution in [1.82, 2.24) is 0 Å². The Morgan fingerprint density at radius 3 is 2.67 bits per heavy atom. The van der Waals surface area contributed by atoms with E-state index in [1.54, 1.807) is 30.5 Å². The fraction of sp³-hybridized carbons (Fsp3) is 0. The monoisotopic (exact) mass is 199 g/mol. The lowest BCUT2D eigenvalue weighted by molar-refractivity contribution is 0.616. The fourth-order valence-corrected chi connectivity index (χ4v) is 1.52. The van der Waals surface area contributed by atoms with Crippen molar-refractivity contribution in [3.8, 4) is 11.1 Å². The molecule has 1 aromatic heterocycles. The second-order valence-electron chi connectivity index (χ2n) is 3.17. The van der Waals surface area contributed by atoms with Crippen LogP contribution in [0.5, 0.6) is 0 Å². The third-order valence-corrected chi connectivity index (χ3v) is 2.24. The van der Waals surface area contributed by atoms with Gasteiger partial charge < -0.3 is 4.42 Å². The third kappa shape index (κ3) is 1.42. The summed E-state index contributed by atoms with van der Waals surface area (Å²) in [5.74, 6) is 0. The highest BCUT2D eigenvalue weighted by atomic mass is 16.3. The van der Waals surface area contributed by atoms with Gasteiger partial charge in [0.2, 0.25) is 0 Å². The molecule has 0 amide bonds. The second kappa shape index (κ2) is 3.28. The van der Waals surface area contributed by atoms with Crippen LogP contribution in [0, 0.1) is 0 Å². The van der Waals surface area contributed by atoms with Crippen molar-refractivity contribution in [1.29, 1.82) is 0 Å². The lowest BCUT2D eigenvalue weighted by Crippen LogP contribution is -1.75. The number of fused-ring (bicyclic) bond motifs is 1. The minimum atomic E-state index is -0.381. The molecule has 1 heteroatoms. The van der Waals surface area contributed by atoms with Gasteiger partial charge in [0.05, 0.1) is 13.1 Å². The summed E-state index contributed by atoms with van der Waals surface area (Å²) in [6.45, 7) is 0. The van der Waals surface area contributed by atoms with Crippen LogP contribution in [0.2, 0.25) is 0 Å². The molecule has 0 aliphatic heterocycles. The molecule has 3 rings (SSSR count). The summed E-state index contributed by atoms with van der Waals surface area (Å²) in [6, 6.07) is 5.53. The molecule has 72 valence electrons. The minimum Gasteiger partial charge on any atom is -0.464 e. The fourth-order valence-electron chi connectivity index (χ4n) is 1.52. The van der Waals surface area contributed by atoms with Gasteiger partial charge in [0, 0.05) is 5.39 Å². The molecule has 0 atom stereocenters. The molecule has 15 heavy (non-hydrogen) atoms. The van der Waals surface area contributed by atoms with Gasteiger partial charge in [-0.25, -0.2) is 0 Å². The van der Waals surface area contributed by atoms with Gasteiger partial charge in [-0.05, 0) is 29.3 Å². The van der Waals surface area contributed by atoms with Crippen molar-refractivity contribution in [2.45, 2.75) is 0 Å². The summed E-state index contributed by atoms with van der Waals surface area (Å²) in [4.78, 5) is 0. The van der Waals surface area contributed by atoms with Gasteiger partial charge in [-0.3, -0.25) is 0 Å². The number of rotatable bonds is 1. The Bertz CT molecular complexity index is 793. The maximum atomic E-state index is 7.95. The number of hydrogen-bond acceptors (Lipinski definition) is 1. The molecule has 0 saturated carbocycles. The number of furan rings is 1. The zero-order valence-electron chi connectivity index (χ0n) is 12.8. The van der Waals surface area contributed by atoms with Crippen LogP contribution in [0.3, 0.4) is 0 Å². The normalized spacial score (nSPS) is 15.3. The molecule has 0 N–H and O–H groups in total. The number of hydrogen-bond donors (Lipinski definition) is 0. The van der Waals surface area contributed by atoms with Crippen molar-refractivity contribution in [3.63, 3.8) is 0 Å². The van der Waals surface area contributed by atoms with Crippen molar-refractivity contribution in [2.75, 3.05) is 0 Å². The van der Waals surface area contributed by atoms with E-state index in [0.29, 0.717) is 11.1 Å². The molecule has 0 fully saturated rings. The smallest absolute Gasteiger partial charge is 0.133 e. The largest absolute Gasteiger partial charge is 0.464 e. The second-order valence-corrected chi connectivity index (χ2v) is 3.17. The molecular weight excluding hydrogens is 184 g/mol. The molecule has 3 aromatic rings. The van der Waals surface area contributed by atoms with E-state index in [2.05, 4.69) is 0 Å². The zero-order valence-corrected chi connectivity index (χ0v) is 7.79. The van der Waals surface area contributed by atoms with Crippen LogP contribution < -0.4 is 0 Å². The first kappa shape index (κ1) is 4.67. The first-order valence-electron chi connectivity index (χ1n) is 7.05. The standard InChI is InChI=1S/C14H10O/c1-2-4-11(5-3-1)12-6-7-14-13(10-12)8-9-15-14/h1-10H/i1D,2D,3D,4D,5D. The van der Waals surface area contributed by atoms with Crippen LogP contribution in [-0.2, 0) is 0 Å². The molecule has 0 bridgehead atoms. The summed E-state index contributed by atoms with van der Waals surface area (Å²) in [7, 11) is 0. The van der Waals surface area contributed by atoms with E-state index in [-0.39, 0.29) is 35.8 Å². The van der Waals surface area contributed by atoms with Gasteiger partial charge in [-0.15, -0.1) is 0 Å². The van der Waals surface area contributed by atoms with Crippen molar-refractivity contribution >= 4 is 11.0 Å². The van der Waals surface area contributed by atoms with Gasteiger partial charge in [0.1, 0.15) is 5.58 Å². The van der Waals surface area contributed by atoms with Crippen molar-refractivity contribution in [3.05, 3.63) is 60.7 Å². The Morgan fingerprint density at radius 2 is 1.80 bits per heavy atom. The van der Waals surface area contributed by atoms with Crippen LogP contribution in [0.1, 0.15) is 6.85 Å². The molecule has 0 saturated heterocycles. The van der Waals surface area contributed by atoms with Crippen LogP contribution >= 0.6 is 0 Å². The molecule has 1 nitrogen and oxygen atoms in total. The molecule has 0 radical (unpaired) electrons. The highest BCUT2D eigenvalue weighted by Gasteiger charge is 2.00. The maximum Gasteiger partial charge on any atom is 0.133 e. The van der Waals surface area contributed by atoms with E-state index >= 15 is 0 Å². The highest BCUT2D eigenvalue weighted by molar-refractivity contribution is 5.83. The predicted molar refractivity (Wildman–Crippen MR) is 61.7 cm³/mol. The topological polar surface area (TPSA) is 13.1 Å². The lowest BCUT2D eigenvalue weighted by Gasteiger charge is -2.00. The van der Waals surface area contributed by atoms with E-state index in [1.165, 1.54) is 0 Å². The quantitative estimate of drug-likeness (QED) is 0.575. The Kier molecular flexibility index (Phi) is 1.02. The van der Waals surface area contributed by atoms with Gasteiger partial charge >= 0.3 is 0 Å². The van der Waals surface area contributed by atoms with Gasteiger partial charge in [-0.2, -0.15) is 0 Å². The average Bonchev–Trinajstić information content (AvgIpc) is 2.91. The molecule has 0 spiro atoms. The van der Waals surface area contributed by atoms with Gasteiger partial charge in [0.15, 0.2) is 0 Å². The Morgan fingerprint density at radius 1 is 0.933 bits per heavy atom. The van der Waals surface area contributed by atoms with E-state index in [4.69, 9.17) is 11.3 Å². The molecule has 2 aromatic carbocycles. The SMILES string of the molecule is [2H]c1c([2H])c([2H])c(-c2ccc3occc3c2)c([2H])c1[2H]. The third-order valence-electron chi connectivity index (χ3n) is 2.24. The summed E-state index contributed by atoms with van der Waals surface area (Å²) >= 11 is 0. The molecule has 0 aliphatic carbocycles. The van der Waals surface area contributed by atoms with Crippen LogP contribution in [0.15, 0.2) is 65.2 Å². The maximum absolute atomic E-state index is 7.95.